The van der Waals surface area contributed by atoms with Crippen molar-refractivity contribution in [3.8, 4) is 11.3 Å². The van der Waals surface area contributed by atoms with Gasteiger partial charge < -0.3 is 4.98 Å². The molecule has 3 heterocycles. The van der Waals surface area contributed by atoms with Crippen LogP contribution >= 0.6 is 11.3 Å². The van der Waals surface area contributed by atoms with Crippen LogP contribution < -0.4 is 0 Å². The topological polar surface area (TPSA) is 66.1 Å². The summed E-state index contributed by atoms with van der Waals surface area (Å²) in [7, 11) is -3.39. The van der Waals surface area contributed by atoms with E-state index in [4.69, 9.17) is 0 Å². The number of rotatable bonds is 4. The van der Waals surface area contributed by atoms with Crippen molar-refractivity contribution in [1.82, 2.24) is 14.3 Å². The van der Waals surface area contributed by atoms with E-state index < -0.39 is 10.0 Å². The number of hydrogen-bond donors (Lipinski definition) is 1. The zero-order valence-corrected chi connectivity index (χ0v) is 15.3. The third-order valence-electron chi connectivity index (χ3n) is 4.54. The summed E-state index contributed by atoms with van der Waals surface area (Å²) < 4.78 is 27.5. The summed E-state index contributed by atoms with van der Waals surface area (Å²) in [5, 5.41) is 1.80. The molecule has 0 unspecified atom stereocenters. The molecule has 1 saturated heterocycles. The zero-order valence-electron chi connectivity index (χ0n) is 13.6. The summed E-state index contributed by atoms with van der Waals surface area (Å²) in [4.78, 5) is 7.90. The third kappa shape index (κ3) is 3.27. The van der Waals surface area contributed by atoms with Gasteiger partial charge in [0.05, 0.1) is 11.9 Å². The van der Waals surface area contributed by atoms with Crippen molar-refractivity contribution >= 4 is 21.4 Å². The van der Waals surface area contributed by atoms with Crippen LogP contribution in [0.1, 0.15) is 24.6 Å². The van der Waals surface area contributed by atoms with Gasteiger partial charge in [0, 0.05) is 19.0 Å². The van der Waals surface area contributed by atoms with Crippen LogP contribution in [-0.2, 0) is 10.0 Å². The Hall–Kier alpha value is -1.96. The highest BCUT2D eigenvalue weighted by Crippen LogP contribution is 2.31. The summed E-state index contributed by atoms with van der Waals surface area (Å²) >= 11 is 1.27. The van der Waals surface area contributed by atoms with E-state index in [1.165, 1.54) is 11.3 Å². The smallest absolute Gasteiger partial charge is 0.252 e. The van der Waals surface area contributed by atoms with Crippen LogP contribution in [0.3, 0.4) is 0 Å². The predicted octanol–water partition coefficient (Wildman–Crippen LogP) is 3.71. The molecule has 7 heteroatoms. The molecule has 1 aliphatic rings. The minimum atomic E-state index is -3.39. The molecule has 0 spiro atoms. The van der Waals surface area contributed by atoms with Crippen molar-refractivity contribution in [2.24, 2.45) is 0 Å². The maximum atomic E-state index is 12.8. The highest BCUT2D eigenvalue weighted by Gasteiger charge is 2.32. The van der Waals surface area contributed by atoms with Crippen molar-refractivity contribution in [1.29, 1.82) is 0 Å². The van der Waals surface area contributed by atoms with Crippen LogP contribution in [0.4, 0.5) is 0 Å². The summed E-state index contributed by atoms with van der Waals surface area (Å²) in [6.45, 7) is 1.05. The van der Waals surface area contributed by atoms with Crippen LogP contribution in [0, 0.1) is 0 Å². The molecule has 1 aromatic carbocycles. The van der Waals surface area contributed by atoms with Gasteiger partial charge in [-0.3, -0.25) is 0 Å². The van der Waals surface area contributed by atoms with Crippen molar-refractivity contribution in [2.75, 3.05) is 13.1 Å². The minimum absolute atomic E-state index is 0.0981. The Morgan fingerprint density at radius 2 is 2.00 bits per heavy atom. The number of nitrogens with one attached hydrogen (secondary N) is 1. The fourth-order valence-electron chi connectivity index (χ4n) is 3.23. The highest BCUT2D eigenvalue weighted by atomic mass is 32.2. The summed E-state index contributed by atoms with van der Waals surface area (Å²) in [6, 6.07) is 13.5. The molecular weight excluding hydrogens is 354 g/mol. The fraction of sp³-hybridized carbons (Fsp3) is 0.278. The molecule has 1 atom stereocenters. The molecule has 5 nitrogen and oxygen atoms in total. The molecule has 0 bridgehead atoms. The number of sulfonamides is 1. The number of hydrogen-bond acceptors (Lipinski definition) is 4. The second-order valence-corrected chi connectivity index (χ2v) is 9.29. The largest absolute Gasteiger partial charge is 0.342 e. The van der Waals surface area contributed by atoms with Crippen LogP contribution in [0.15, 0.2) is 58.3 Å². The monoisotopic (exact) mass is 373 g/mol. The second-order valence-electron chi connectivity index (χ2n) is 6.18. The molecule has 0 saturated carbocycles. The molecule has 0 radical (unpaired) electrons. The Morgan fingerprint density at radius 1 is 1.16 bits per heavy atom. The number of aromatic amines is 1. The van der Waals surface area contributed by atoms with Crippen LogP contribution in [0.2, 0.25) is 0 Å². The first-order valence-corrected chi connectivity index (χ1v) is 10.6. The van der Waals surface area contributed by atoms with Gasteiger partial charge in [0.1, 0.15) is 10.0 Å². The first-order valence-electron chi connectivity index (χ1n) is 8.28. The fourth-order valence-corrected chi connectivity index (χ4v) is 5.90. The quantitative estimate of drug-likeness (QED) is 0.758. The molecule has 1 fully saturated rings. The van der Waals surface area contributed by atoms with Gasteiger partial charge in [-0.05, 0) is 29.9 Å². The number of piperidine rings is 1. The van der Waals surface area contributed by atoms with Gasteiger partial charge >= 0.3 is 0 Å². The number of thiophene rings is 1. The van der Waals surface area contributed by atoms with Gasteiger partial charge in [0.15, 0.2) is 0 Å². The maximum Gasteiger partial charge on any atom is 0.252 e. The number of H-pyrrole nitrogens is 1. The number of benzene rings is 1. The average molecular weight is 374 g/mol. The van der Waals surface area contributed by atoms with Crippen LogP contribution in [-0.4, -0.2) is 35.8 Å². The lowest BCUT2D eigenvalue weighted by atomic mass is 9.99. The van der Waals surface area contributed by atoms with Gasteiger partial charge in [-0.25, -0.2) is 13.4 Å². The molecule has 25 heavy (non-hydrogen) atoms. The van der Waals surface area contributed by atoms with Gasteiger partial charge in [0.25, 0.3) is 10.0 Å². The molecular formula is C18H19N3O2S2. The molecule has 0 amide bonds. The normalized spacial score (nSPS) is 19.1. The van der Waals surface area contributed by atoms with Crippen LogP contribution in [0.25, 0.3) is 11.3 Å². The van der Waals surface area contributed by atoms with E-state index in [9.17, 15) is 8.42 Å². The van der Waals surface area contributed by atoms with Crippen molar-refractivity contribution < 1.29 is 8.42 Å². The van der Waals surface area contributed by atoms with E-state index in [1.807, 2.05) is 36.5 Å². The van der Waals surface area contributed by atoms with E-state index in [0.717, 1.165) is 29.9 Å². The summed E-state index contributed by atoms with van der Waals surface area (Å²) in [6.07, 6.45) is 3.62. The molecule has 4 rings (SSSR count). The van der Waals surface area contributed by atoms with E-state index in [-0.39, 0.29) is 5.92 Å². The summed E-state index contributed by atoms with van der Waals surface area (Å²) in [5.74, 6) is 0.964. The Morgan fingerprint density at radius 3 is 2.76 bits per heavy atom. The first kappa shape index (κ1) is 16.5. The Labute approximate surface area is 151 Å². The number of imidazole rings is 1. The number of aromatic nitrogens is 2. The van der Waals surface area contributed by atoms with Crippen LogP contribution in [0.5, 0.6) is 0 Å². The van der Waals surface area contributed by atoms with E-state index in [1.54, 1.807) is 21.8 Å². The molecule has 1 aliphatic heterocycles. The average Bonchev–Trinajstić information content (AvgIpc) is 3.35. The van der Waals surface area contributed by atoms with Crippen molar-refractivity contribution in [3.05, 3.63) is 59.9 Å². The maximum absolute atomic E-state index is 12.8. The number of nitrogens with zero attached hydrogens (tertiary/aromatic N) is 2. The zero-order chi connectivity index (χ0) is 17.3. The standard InChI is InChI=1S/C18H19N3O2S2/c22-25(23,17-9-5-11-24-17)21-10-4-8-15(13-21)18-19-12-16(20-18)14-6-2-1-3-7-14/h1-3,5-7,9,11-12,15H,4,8,10,13H2,(H,19,20)/t15-/m0/s1. The lowest BCUT2D eigenvalue weighted by molar-refractivity contribution is 0.310. The van der Waals surface area contributed by atoms with Crippen molar-refractivity contribution in [2.45, 2.75) is 23.0 Å². The van der Waals surface area contributed by atoms with Gasteiger partial charge in [0.2, 0.25) is 0 Å². The van der Waals surface area contributed by atoms with Gasteiger partial charge in [-0.1, -0.05) is 36.4 Å². The second kappa shape index (κ2) is 6.74. The van der Waals surface area contributed by atoms with Crippen molar-refractivity contribution in [3.63, 3.8) is 0 Å². The Bertz CT molecular complexity index is 934. The molecule has 3 aromatic rings. The SMILES string of the molecule is O=S(=O)(c1cccs1)N1CCC[C@H](c2ncc(-c3ccccc3)[nH]2)C1. The first-order chi connectivity index (χ1) is 12.1. The molecule has 1 N–H and O–H groups in total. The molecule has 2 aromatic heterocycles. The van der Waals surface area contributed by atoms with E-state index in [2.05, 4.69) is 9.97 Å². The predicted molar refractivity (Wildman–Crippen MR) is 99.1 cm³/mol. The highest BCUT2D eigenvalue weighted by molar-refractivity contribution is 7.91. The van der Waals surface area contributed by atoms with E-state index in [0.29, 0.717) is 17.3 Å². The lowest BCUT2D eigenvalue weighted by Gasteiger charge is -2.30. The lowest BCUT2D eigenvalue weighted by Crippen LogP contribution is -2.39. The molecule has 0 aliphatic carbocycles. The minimum Gasteiger partial charge on any atom is -0.342 e. The Balaban J connectivity index is 1.55. The molecule has 130 valence electrons. The third-order valence-corrected chi connectivity index (χ3v) is 7.78. The van der Waals surface area contributed by atoms with Gasteiger partial charge in [-0.15, -0.1) is 11.3 Å². The Kier molecular flexibility index (Phi) is 4.45. The summed E-state index contributed by atoms with van der Waals surface area (Å²) in [5.41, 5.74) is 2.05. The van der Waals surface area contributed by atoms with Gasteiger partial charge in [-0.2, -0.15) is 4.31 Å². The van der Waals surface area contributed by atoms with E-state index >= 15 is 0 Å².